The summed E-state index contributed by atoms with van der Waals surface area (Å²) < 4.78 is 11.0. The topological polar surface area (TPSA) is 47.6 Å². The number of carbonyl (C=O) groups excluding carboxylic acids is 1. The smallest absolute Gasteiger partial charge is 0.224 e. The molecule has 1 aliphatic heterocycles. The van der Waals surface area contributed by atoms with Gasteiger partial charge in [0.2, 0.25) is 5.91 Å². The summed E-state index contributed by atoms with van der Waals surface area (Å²) in [5.41, 5.74) is 2.37. The van der Waals surface area contributed by atoms with E-state index in [1.807, 2.05) is 0 Å². The van der Waals surface area contributed by atoms with E-state index in [2.05, 4.69) is 43.4 Å². The van der Waals surface area contributed by atoms with Gasteiger partial charge in [0.1, 0.15) is 0 Å². The second-order valence-electron chi connectivity index (χ2n) is 7.07. The molecule has 23 heavy (non-hydrogen) atoms. The van der Waals surface area contributed by atoms with E-state index in [9.17, 15) is 4.79 Å². The maximum atomic E-state index is 12.4. The van der Waals surface area contributed by atoms with Crippen LogP contribution in [-0.4, -0.2) is 38.4 Å². The molecule has 4 atom stereocenters. The molecule has 3 rings (SSSR count). The fourth-order valence-electron chi connectivity index (χ4n) is 3.88. The van der Waals surface area contributed by atoms with Crippen LogP contribution in [0.15, 0.2) is 24.3 Å². The highest BCUT2D eigenvalue weighted by Crippen LogP contribution is 2.43. The van der Waals surface area contributed by atoms with Crippen molar-refractivity contribution < 1.29 is 14.3 Å². The predicted molar refractivity (Wildman–Crippen MR) is 89.4 cm³/mol. The lowest BCUT2D eigenvalue weighted by atomic mass is 9.67. The van der Waals surface area contributed by atoms with Crippen molar-refractivity contribution in [2.75, 3.05) is 20.3 Å². The van der Waals surface area contributed by atoms with E-state index in [0.29, 0.717) is 30.8 Å². The molecule has 0 radical (unpaired) electrons. The quantitative estimate of drug-likeness (QED) is 0.877. The Morgan fingerprint density at radius 2 is 2.09 bits per heavy atom. The molecule has 4 heteroatoms. The van der Waals surface area contributed by atoms with Gasteiger partial charge in [-0.1, -0.05) is 38.1 Å². The van der Waals surface area contributed by atoms with Crippen LogP contribution in [0.2, 0.25) is 0 Å². The standard InChI is InChI=1S/C19H27NO3/c1-12(2)14-6-4-13(5-7-14)10-17(21)20-18-15-8-9-23-19(15)16(18)11-22-3/h4-7,12,15-16,18-19H,8-11H2,1-3H3,(H,20,21)/t15-,16-,18-,19-/m0/s1. The molecule has 0 bridgehead atoms. The number of amides is 1. The first kappa shape index (κ1) is 16.5. The molecule has 126 valence electrons. The summed E-state index contributed by atoms with van der Waals surface area (Å²) in [5, 5.41) is 3.21. The predicted octanol–water partition coefficient (Wildman–Crippen LogP) is 2.52. The average Bonchev–Trinajstić information content (AvgIpc) is 2.95. The van der Waals surface area contributed by atoms with Crippen molar-refractivity contribution in [3.05, 3.63) is 35.4 Å². The third kappa shape index (κ3) is 3.43. The second-order valence-corrected chi connectivity index (χ2v) is 7.07. The number of methoxy groups -OCH3 is 1. The molecule has 2 fully saturated rings. The van der Waals surface area contributed by atoms with E-state index in [4.69, 9.17) is 9.47 Å². The summed E-state index contributed by atoms with van der Waals surface area (Å²) in [6.07, 6.45) is 1.75. The van der Waals surface area contributed by atoms with E-state index >= 15 is 0 Å². The molecule has 0 spiro atoms. The molecule has 1 saturated carbocycles. The molecule has 0 unspecified atom stereocenters. The summed E-state index contributed by atoms with van der Waals surface area (Å²) in [6, 6.07) is 8.55. The van der Waals surface area contributed by atoms with Crippen molar-refractivity contribution in [3.8, 4) is 0 Å². The van der Waals surface area contributed by atoms with Gasteiger partial charge in [0.05, 0.1) is 19.1 Å². The van der Waals surface area contributed by atoms with Crippen molar-refractivity contribution in [2.45, 2.75) is 44.8 Å². The van der Waals surface area contributed by atoms with Crippen molar-refractivity contribution in [1.29, 1.82) is 0 Å². The van der Waals surface area contributed by atoms with Crippen LogP contribution in [-0.2, 0) is 20.7 Å². The lowest BCUT2D eigenvalue weighted by Crippen LogP contribution is -2.62. The van der Waals surface area contributed by atoms with Gasteiger partial charge in [0.25, 0.3) is 0 Å². The molecule has 2 aliphatic rings. The molecule has 1 N–H and O–H groups in total. The molecule has 1 saturated heterocycles. The Morgan fingerprint density at radius 3 is 2.74 bits per heavy atom. The first-order chi connectivity index (χ1) is 11.1. The molecular formula is C19H27NO3. The number of benzene rings is 1. The van der Waals surface area contributed by atoms with E-state index < -0.39 is 0 Å². The molecular weight excluding hydrogens is 290 g/mol. The van der Waals surface area contributed by atoms with Crippen molar-refractivity contribution in [3.63, 3.8) is 0 Å². The number of carbonyl (C=O) groups is 1. The average molecular weight is 317 g/mol. The number of rotatable bonds is 6. The summed E-state index contributed by atoms with van der Waals surface area (Å²) in [5.74, 6) is 1.36. The Bertz CT molecular complexity index is 540. The van der Waals surface area contributed by atoms with Crippen molar-refractivity contribution in [2.24, 2.45) is 11.8 Å². The Morgan fingerprint density at radius 1 is 1.35 bits per heavy atom. The fraction of sp³-hybridized carbons (Fsp3) is 0.632. The molecule has 1 aromatic carbocycles. The van der Waals surface area contributed by atoms with E-state index in [-0.39, 0.29) is 18.1 Å². The zero-order valence-electron chi connectivity index (χ0n) is 14.2. The highest BCUT2D eigenvalue weighted by Gasteiger charge is 2.54. The van der Waals surface area contributed by atoms with Gasteiger partial charge in [-0.15, -0.1) is 0 Å². The highest BCUT2D eigenvalue weighted by atomic mass is 16.5. The van der Waals surface area contributed by atoms with Crippen LogP contribution in [0.5, 0.6) is 0 Å². The summed E-state index contributed by atoms with van der Waals surface area (Å²) >= 11 is 0. The van der Waals surface area contributed by atoms with Gasteiger partial charge in [0.15, 0.2) is 0 Å². The maximum Gasteiger partial charge on any atom is 0.224 e. The minimum atomic E-state index is 0.0961. The maximum absolute atomic E-state index is 12.4. The van der Waals surface area contributed by atoms with Gasteiger partial charge >= 0.3 is 0 Å². The Labute approximate surface area is 138 Å². The van der Waals surface area contributed by atoms with E-state index in [1.54, 1.807) is 7.11 Å². The van der Waals surface area contributed by atoms with Crippen LogP contribution in [0.4, 0.5) is 0 Å². The van der Waals surface area contributed by atoms with Crippen LogP contribution in [0.3, 0.4) is 0 Å². The SMILES string of the molecule is COC[C@H]1[C@@H](NC(=O)Cc2ccc(C(C)C)cc2)[C@@H]2CCO[C@@H]21. The van der Waals surface area contributed by atoms with Gasteiger partial charge in [-0.2, -0.15) is 0 Å². The molecule has 4 nitrogen and oxygen atoms in total. The van der Waals surface area contributed by atoms with Crippen LogP contribution >= 0.6 is 0 Å². The third-order valence-corrected chi connectivity index (χ3v) is 5.23. The van der Waals surface area contributed by atoms with Crippen LogP contribution in [0.25, 0.3) is 0 Å². The Balaban J connectivity index is 1.56. The number of hydrogen-bond acceptors (Lipinski definition) is 3. The third-order valence-electron chi connectivity index (χ3n) is 5.23. The largest absolute Gasteiger partial charge is 0.384 e. The summed E-state index contributed by atoms with van der Waals surface area (Å²) in [7, 11) is 1.71. The first-order valence-corrected chi connectivity index (χ1v) is 8.59. The zero-order chi connectivity index (χ0) is 16.4. The Hall–Kier alpha value is -1.39. The fourth-order valence-corrected chi connectivity index (χ4v) is 3.88. The van der Waals surface area contributed by atoms with Gasteiger partial charge in [0, 0.05) is 31.6 Å². The van der Waals surface area contributed by atoms with Gasteiger partial charge in [-0.05, 0) is 23.5 Å². The monoisotopic (exact) mass is 317 g/mol. The van der Waals surface area contributed by atoms with Crippen LogP contribution in [0.1, 0.15) is 37.3 Å². The van der Waals surface area contributed by atoms with E-state index in [1.165, 1.54) is 5.56 Å². The molecule has 0 aromatic heterocycles. The van der Waals surface area contributed by atoms with Crippen molar-refractivity contribution >= 4 is 5.91 Å². The highest BCUT2D eigenvalue weighted by molar-refractivity contribution is 5.79. The molecule has 1 amide bonds. The first-order valence-electron chi connectivity index (χ1n) is 8.59. The number of fused-ring (bicyclic) bond motifs is 1. The van der Waals surface area contributed by atoms with Crippen LogP contribution < -0.4 is 5.32 Å². The molecule has 1 aliphatic carbocycles. The minimum Gasteiger partial charge on any atom is -0.384 e. The summed E-state index contributed by atoms with van der Waals surface area (Å²) in [4.78, 5) is 12.4. The van der Waals surface area contributed by atoms with Gasteiger partial charge < -0.3 is 14.8 Å². The molecule has 1 aromatic rings. The molecule has 1 heterocycles. The second kappa shape index (κ2) is 7.02. The Kier molecular flexibility index (Phi) is 5.02. The summed E-state index contributed by atoms with van der Waals surface area (Å²) in [6.45, 7) is 5.80. The minimum absolute atomic E-state index is 0.0961. The zero-order valence-corrected chi connectivity index (χ0v) is 14.2. The number of hydrogen-bond donors (Lipinski definition) is 1. The van der Waals surface area contributed by atoms with Crippen LogP contribution in [0, 0.1) is 11.8 Å². The van der Waals surface area contributed by atoms with Crippen molar-refractivity contribution in [1.82, 2.24) is 5.32 Å². The normalized spacial score (nSPS) is 29.2. The van der Waals surface area contributed by atoms with E-state index in [0.717, 1.165) is 18.6 Å². The number of ether oxygens (including phenoxy) is 2. The number of nitrogens with one attached hydrogen (secondary N) is 1. The lowest BCUT2D eigenvalue weighted by molar-refractivity contribution is -0.129. The lowest BCUT2D eigenvalue weighted by Gasteiger charge is -2.47. The van der Waals surface area contributed by atoms with Gasteiger partial charge in [-0.25, -0.2) is 0 Å². The van der Waals surface area contributed by atoms with Gasteiger partial charge in [-0.3, -0.25) is 4.79 Å².